The van der Waals surface area contributed by atoms with Crippen LogP contribution in [0.5, 0.6) is 0 Å². The van der Waals surface area contributed by atoms with Gasteiger partial charge in [-0.3, -0.25) is 0 Å². The Morgan fingerprint density at radius 3 is 2.18 bits per heavy atom. The maximum Gasteiger partial charge on any atom is 0.0182 e. The lowest BCUT2D eigenvalue weighted by molar-refractivity contribution is 0.239. The van der Waals surface area contributed by atoms with Crippen LogP contribution in [0.2, 0.25) is 0 Å². The van der Waals surface area contributed by atoms with Crippen molar-refractivity contribution in [2.45, 2.75) is 53.0 Å². The highest BCUT2D eigenvalue weighted by atomic mass is 14.9. The van der Waals surface area contributed by atoms with Gasteiger partial charge in [0.2, 0.25) is 0 Å². The summed E-state index contributed by atoms with van der Waals surface area (Å²) in [6.45, 7) is 12.6. The van der Waals surface area contributed by atoms with Gasteiger partial charge in [0.15, 0.2) is 0 Å². The van der Waals surface area contributed by atoms with Crippen LogP contribution in [0, 0.1) is 5.41 Å². The Morgan fingerprint density at radius 1 is 1.12 bits per heavy atom. The number of nitrogens with one attached hydrogen (secondary N) is 1. The van der Waals surface area contributed by atoms with Gasteiger partial charge in [-0.25, -0.2) is 0 Å². The average molecular weight is 233 g/mol. The first-order valence-corrected chi connectivity index (χ1v) is 6.75. The van der Waals surface area contributed by atoms with Gasteiger partial charge in [-0.15, -0.1) is 0 Å². The fraction of sp³-hybridized carbons (Fsp3) is 0.625. The summed E-state index contributed by atoms with van der Waals surface area (Å²) in [5.74, 6) is 0.544. The Hall–Kier alpha value is -0.820. The van der Waals surface area contributed by atoms with Crippen molar-refractivity contribution in [3.63, 3.8) is 0 Å². The molecule has 96 valence electrons. The SMILES string of the molecule is CCCNC(C(C)c1ccccc1)C(C)(C)C. The van der Waals surface area contributed by atoms with Crippen molar-refractivity contribution >= 4 is 0 Å². The van der Waals surface area contributed by atoms with Gasteiger partial charge in [0, 0.05) is 6.04 Å². The molecule has 1 aromatic carbocycles. The van der Waals surface area contributed by atoms with E-state index in [0.29, 0.717) is 12.0 Å². The van der Waals surface area contributed by atoms with Crippen LogP contribution in [-0.4, -0.2) is 12.6 Å². The largest absolute Gasteiger partial charge is 0.313 e. The van der Waals surface area contributed by atoms with Crippen LogP contribution >= 0.6 is 0 Å². The number of hydrogen-bond donors (Lipinski definition) is 1. The number of rotatable bonds is 5. The first kappa shape index (κ1) is 14.2. The Bertz CT molecular complexity index is 310. The summed E-state index contributed by atoms with van der Waals surface area (Å²) >= 11 is 0. The zero-order valence-corrected chi connectivity index (χ0v) is 12.0. The van der Waals surface area contributed by atoms with E-state index in [2.05, 4.69) is 70.3 Å². The minimum atomic E-state index is 0.282. The highest BCUT2D eigenvalue weighted by molar-refractivity contribution is 5.21. The lowest BCUT2D eigenvalue weighted by Crippen LogP contribution is -2.44. The lowest BCUT2D eigenvalue weighted by atomic mass is 9.77. The third kappa shape index (κ3) is 4.16. The fourth-order valence-electron chi connectivity index (χ4n) is 2.48. The van der Waals surface area contributed by atoms with E-state index in [4.69, 9.17) is 0 Å². The molecule has 0 aliphatic rings. The Labute approximate surface area is 107 Å². The summed E-state index contributed by atoms with van der Waals surface area (Å²) in [5, 5.41) is 3.71. The molecule has 0 bridgehead atoms. The molecular weight excluding hydrogens is 206 g/mol. The van der Waals surface area contributed by atoms with E-state index >= 15 is 0 Å². The van der Waals surface area contributed by atoms with Gasteiger partial charge in [0.25, 0.3) is 0 Å². The molecule has 0 saturated carbocycles. The summed E-state index contributed by atoms with van der Waals surface area (Å²) in [6, 6.07) is 11.3. The van der Waals surface area contributed by atoms with E-state index < -0.39 is 0 Å². The van der Waals surface area contributed by atoms with Gasteiger partial charge in [0.05, 0.1) is 0 Å². The summed E-state index contributed by atoms with van der Waals surface area (Å²) in [6.07, 6.45) is 1.19. The molecule has 2 atom stereocenters. The third-order valence-corrected chi connectivity index (χ3v) is 3.37. The average Bonchev–Trinajstić information content (AvgIpc) is 2.29. The summed E-state index contributed by atoms with van der Waals surface area (Å²) in [4.78, 5) is 0. The fourth-order valence-corrected chi connectivity index (χ4v) is 2.48. The molecule has 0 aliphatic carbocycles. The molecular formula is C16H27N. The first-order valence-electron chi connectivity index (χ1n) is 6.75. The van der Waals surface area contributed by atoms with Crippen LogP contribution in [0.25, 0.3) is 0 Å². The monoisotopic (exact) mass is 233 g/mol. The highest BCUT2D eigenvalue weighted by Gasteiger charge is 2.29. The topological polar surface area (TPSA) is 12.0 Å². The van der Waals surface area contributed by atoms with Crippen molar-refractivity contribution in [1.29, 1.82) is 0 Å². The molecule has 0 aromatic heterocycles. The van der Waals surface area contributed by atoms with E-state index in [0.717, 1.165) is 6.54 Å². The normalized spacial score (nSPS) is 15.6. The zero-order valence-electron chi connectivity index (χ0n) is 12.0. The lowest BCUT2D eigenvalue weighted by Gasteiger charge is -2.36. The molecule has 0 heterocycles. The minimum absolute atomic E-state index is 0.282. The molecule has 0 aliphatic heterocycles. The molecule has 0 radical (unpaired) electrons. The predicted octanol–water partition coefficient (Wildman–Crippen LogP) is 4.20. The van der Waals surface area contributed by atoms with Crippen molar-refractivity contribution in [3.05, 3.63) is 35.9 Å². The highest BCUT2D eigenvalue weighted by Crippen LogP contribution is 2.31. The number of benzene rings is 1. The van der Waals surface area contributed by atoms with Crippen molar-refractivity contribution in [2.24, 2.45) is 5.41 Å². The van der Waals surface area contributed by atoms with Gasteiger partial charge in [-0.2, -0.15) is 0 Å². The van der Waals surface area contributed by atoms with Gasteiger partial charge in [0.1, 0.15) is 0 Å². The summed E-state index contributed by atoms with van der Waals surface area (Å²) in [5.41, 5.74) is 1.71. The molecule has 0 saturated heterocycles. The van der Waals surface area contributed by atoms with Crippen LogP contribution in [0.3, 0.4) is 0 Å². The Morgan fingerprint density at radius 2 is 1.71 bits per heavy atom. The quantitative estimate of drug-likeness (QED) is 0.803. The van der Waals surface area contributed by atoms with Crippen molar-refractivity contribution < 1.29 is 0 Å². The summed E-state index contributed by atoms with van der Waals surface area (Å²) < 4.78 is 0. The Balaban J connectivity index is 2.83. The molecule has 0 amide bonds. The molecule has 2 unspecified atom stereocenters. The van der Waals surface area contributed by atoms with Crippen LogP contribution in [0.15, 0.2) is 30.3 Å². The molecule has 1 N–H and O–H groups in total. The maximum atomic E-state index is 3.71. The van der Waals surface area contributed by atoms with E-state index in [1.165, 1.54) is 12.0 Å². The van der Waals surface area contributed by atoms with E-state index in [-0.39, 0.29) is 5.41 Å². The van der Waals surface area contributed by atoms with E-state index in [9.17, 15) is 0 Å². The molecule has 1 rings (SSSR count). The van der Waals surface area contributed by atoms with Crippen LogP contribution < -0.4 is 5.32 Å². The van der Waals surface area contributed by atoms with Gasteiger partial charge in [-0.05, 0) is 29.9 Å². The maximum absolute atomic E-state index is 3.71. The second kappa shape index (κ2) is 6.20. The second-order valence-corrected chi connectivity index (χ2v) is 6.00. The third-order valence-electron chi connectivity index (χ3n) is 3.37. The van der Waals surface area contributed by atoms with Gasteiger partial charge < -0.3 is 5.32 Å². The van der Waals surface area contributed by atoms with Crippen molar-refractivity contribution in [2.75, 3.05) is 6.54 Å². The van der Waals surface area contributed by atoms with Gasteiger partial charge >= 0.3 is 0 Å². The van der Waals surface area contributed by atoms with Crippen LogP contribution in [0.1, 0.15) is 52.5 Å². The molecule has 0 spiro atoms. The molecule has 0 fully saturated rings. The molecule has 17 heavy (non-hydrogen) atoms. The second-order valence-electron chi connectivity index (χ2n) is 6.00. The van der Waals surface area contributed by atoms with Crippen LogP contribution in [0.4, 0.5) is 0 Å². The number of hydrogen-bond acceptors (Lipinski definition) is 1. The van der Waals surface area contributed by atoms with E-state index in [1.807, 2.05) is 0 Å². The molecule has 1 heteroatoms. The zero-order chi connectivity index (χ0) is 12.9. The van der Waals surface area contributed by atoms with E-state index in [1.54, 1.807) is 0 Å². The van der Waals surface area contributed by atoms with Crippen LogP contribution in [-0.2, 0) is 0 Å². The standard InChI is InChI=1S/C16H27N/c1-6-12-17-15(16(3,4)5)13(2)14-10-8-7-9-11-14/h7-11,13,15,17H,6,12H2,1-5H3. The van der Waals surface area contributed by atoms with Gasteiger partial charge in [-0.1, -0.05) is 65.0 Å². The summed E-state index contributed by atoms with van der Waals surface area (Å²) in [7, 11) is 0. The van der Waals surface area contributed by atoms with Crippen molar-refractivity contribution in [3.8, 4) is 0 Å². The molecule has 1 nitrogen and oxygen atoms in total. The Kier molecular flexibility index (Phi) is 5.20. The van der Waals surface area contributed by atoms with Crippen molar-refractivity contribution in [1.82, 2.24) is 5.32 Å². The molecule has 1 aromatic rings. The minimum Gasteiger partial charge on any atom is -0.313 e. The first-order chi connectivity index (χ1) is 7.96. The smallest absolute Gasteiger partial charge is 0.0182 e. The predicted molar refractivity (Wildman–Crippen MR) is 76.4 cm³/mol.